The van der Waals surface area contributed by atoms with Crippen molar-refractivity contribution in [1.29, 1.82) is 0 Å². The smallest absolute Gasteiger partial charge is 0.255 e. The molecule has 0 spiro atoms. The summed E-state index contributed by atoms with van der Waals surface area (Å²) in [7, 11) is 0. The summed E-state index contributed by atoms with van der Waals surface area (Å²) in [4.78, 5) is 12.2. The fourth-order valence-corrected chi connectivity index (χ4v) is 3.33. The van der Waals surface area contributed by atoms with Crippen LogP contribution in [0.4, 0.5) is 11.4 Å². The number of nitrogens with two attached hydrogens (primary N) is 1. The van der Waals surface area contributed by atoms with Crippen LogP contribution in [0.3, 0.4) is 0 Å². The Morgan fingerprint density at radius 2 is 1.80 bits per heavy atom. The van der Waals surface area contributed by atoms with E-state index in [4.69, 9.17) is 17.3 Å². The van der Waals surface area contributed by atoms with Crippen LogP contribution in [0.5, 0.6) is 0 Å². The Labute approximate surface area is 146 Å². The molecule has 0 bridgehead atoms. The SMILES string of the molecule is Nc1cc(Br)cc(Br)c1NC(=O)c1ccc(Br)c(Cl)c1. The van der Waals surface area contributed by atoms with E-state index in [1.165, 1.54) is 0 Å². The van der Waals surface area contributed by atoms with Crippen LogP contribution in [-0.2, 0) is 0 Å². The van der Waals surface area contributed by atoms with Crippen molar-refractivity contribution in [2.75, 3.05) is 11.1 Å². The molecule has 2 rings (SSSR count). The lowest BCUT2D eigenvalue weighted by molar-refractivity contribution is 0.102. The van der Waals surface area contributed by atoms with Crippen molar-refractivity contribution < 1.29 is 4.79 Å². The Morgan fingerprint density at radius 3 is 2.40 bits per heavy atom. The highest BCUT2D eigenvalue weighted by Crippen LogP contribution is 2.33. The lowest BCUT2D eigenvalue weighted by Crippen LogP contribution is -2.13. The predicted molar refractivity (Wildman–Crippen MR) is 93.4 cm³/mol. The zero-order chi connectivity index (χ0) is 14.9. The van der Waals surface area contributed by atoms with Gasteiger partial charge in [-0.1, -0.05) is 27.5 Å². The van der Waals surface area contributed by atoms with Gasteiger partial charge < -0.3 is 11.1 Å². The minimum absolute atomic E-state index is 0.283. The Morgan fingerprint density at radius 1 is 1.10 bits per heavy atom. The van der Waals surface area contributed by atoms with E-state index in [1.807, 2.05) is 0 Å². The van der Waals surface area contributed by atoms with Gasteiger partial charge in [0.05, 0.1) is 16.4 Å². The molecular weight excluding hydrogens is 475 g/mol. The Bertz CT molecular complexity index is 668. The average Bonchev–Trinajstić information content (AvgIpc) is 2.36. The number of halogens is 4. The lowest BCUT2D eigenvalue weighted by atomic mass is 10.2. The summed E-state index contributed by atoms with van der Waals surface area (Å²) in [6.45, 7) is 0. The standard InChI is InChI=1S/C13H8Br3ClN2O/c14-7-4-9(16)12(11(18)5-7)19-13(20)6-1-2-8(15)10(17)3-6/h1-5H,18H2,(H,19,20). The summed E-state index contributed by atoms with van der Waals surface area (Å²) >= 11 is 16.0. The molecule has 0 aliphatic heterocycles. The quantitative estimate of drug-likeness (QED) is 0.558. The van der Waals surface area contributed by atoms with Crippen LogP contribution in [0.25, 0.3) is 0 Å². The number of carbonyl (C=O) groups is 1. The molecule has 0 unspecified atom stereocenters. The molecule has 1 amide bonds. The second-order valence-corrected chi connectivity index (χ2v) is 6.97. The van der Waals surface area contributed by atoms with Gasteiger partial charge in [0, 0.05) is 19.0 Å². The number of nitrogens with one attached hydrogen (secondary N) is 1. The third-order valence-corrected chi connectivity index (χ3v) is 4.82. The molecule has 0 radical (unpaired) electrons. The number of benzene rings is 2. The van der Waals surface area contributed by atoms with E-state index in [-0.39, 0.29) is 5.91 Å². The molecular formula is C13H8Br3ClN2O. The van der Waals surface area contributed by atoms with Gasteiger partial charge in [0.25, 0.3) is 5.91 Å². The molecule has 0 aliphatic rings. The van der Waals surface area contributed by atoms with Gasteiger partial charge in [0.2, 0.25) is 0 Å². The van der Waals surface area contributed by atoms with Gasteiger partial charge in [-0.25, -0.2) is 0 Å². The Hall–Kier alpha value is -0.560. The number of nitrogen functional groups attached to an aromatic ring is 1. The van der Waals surface area contributed by atoms with Crippen molar-refractivity contribution in [2.45, 2.75) is 0 Å². The van der Waals surface area contributed by atoms with Gasteiger partial charge in [-0.05, 0) is 62.2 Å². The third-order valence-electron chi connectivity index (χ3n) is 2.51. The van der Waals surface area contributed by atoms with E-state index in [2.05, 4.69) is 53.1 Å². The summed E-state index contributed by atoms with van der Waals surface area (Å²) in [6, 6.07) is 8.50. The van der Waals surface area contributed by atoms with Gasteiger partial charge in [-0.3, -0.25) is 4.79 Å². The van der Waals surface area contributed by atoms with Gasteiger partial charge in [-0.15, -0.1) is 0 Å². The lowest BCUT2D eigenvalue weighted by Gasteiger charge is -2.11. The topological polar surface area (TPSA) is 55.1 Å². The molecule has 0 heterocycles. The summed E-state index contributed by atoms with van der Waals surface area (Å²) in [5.74, 6) is -0.283. The zero-order valence-electron chi connectivity index (χ0n) is 9.88. The highest BCUT2D eigenvalue weighted by Gasteiger charge is 2.13. The van der Waals surface area contributed by atoms with Crippen molar-refractivity contribution in [3.63, 3.8) is 0 Å². The minimum atomic E-state index is -0.283. The number of hydrogen-bond donors (Lipinski definition) is 2. The van der Waals surface area contributed by atoms with Gasteiger partial charge in [0.15, 0.2) is 0 Å². The monoisotopic (exact) mass is 480 g/mol. The van der Waals surface area contributed by atoms with E-state index in [9.17, 15) is 4.79 Å². The van der Waals surface area contributed by atoms with Gasteiger partial charge in [-0.2, -0.15) is 0 Å². The van der Waals surface area contributed by atoms with E-state index >= 15 is 0 Å². The summed E-state index contributed by atoms with van der Waals surface area (Å²) < 4.78 is 2.26. The molecule has 7 heteroatoms. The molecule has 2 aromatic carbocycles. The normalized spacial score (nSPS) is 10.4. The number of rotatable bonds is 2. The molecule has 2 aromatic rings. The average molecular weight is 483 g/mol. The largest absolute Gasteiger partial charge is 0.397 e. The maximum absolute atomic E-state index is 12.2. The summed E-state index contributed by atoms with van der Waals surface area (Å²) in [5.41, 5.74) is 7.33. The highest BCUT2D eigenvalue weighted by atomic mass is 79.9. The molecule has 0 atom stereocenters. The van der Waals surface area contributed by atoms with E-state index < -0.39 is 0 Å². The van der Waals surface area contributed by atoms with Crippen molar-refractivity contribution in [3.05, 3.63) is 54.3 Å². The van der Waals surface area contributed by atoms with Crippen molar-refractivity contribution in [1.82, 2.24) is 0 Å². The van der Waals surface area contributed by atoms with Crippen LogP contribution < -0.4 is 11.1 Å². The number of hydrogen-bond acceptors (Lipinski definition) is 2. The second-order valence-electron chi connectivity index (χ2n) is 3.93. The summed E-state index contributed by atoms with van der Waals surface area (Å²) in [6.07, 6.45) is 0. The molecule has 104 valence electrons. The van der Waals surface area contributed by atoms with Gasteiger partial charge in [0.1, 0.15) is 0 Å². The molecule has 20 heavy (non-hydrogen) atoms. The molecule has 0 saturated carbocycles. The van der Waals surface area contributed by atoms with E-state index in [0.29, 0.717) is 26.4 Å². The molecule has 3 N–H and O–H groups in total. The fourth-order valence-electron chi connectivity index (χ4n) is 1.55. The fraction of sp³-hybridized carbons (Fsp3) is 0. The van der Waals surface area contributed by atoms with Crippen LogP contribution in [0, 0.1) is 0 Å². The minimum Gasteiger partial charge on any atom is -0.397 e. The predicted octanol–water partition coefficient (Wildman–Crippen LogP) is 5.46. The van der Waals surface area contributed by atoms with Crippen molar-refractivity contribution >= 4 is 76.7 Å². The zero-order valence-corrected chi connectivity index (χ0v) is 15.4. The van der Waals surface area contributed by atoms with Gasteiger partial charge >= 0.3 is 0 Å². The summed E-state index contributed by atoms with van der Waals surface area (Å²) in [5, 5.41) is 3.24. The molecule has 0 aromatic heterocycles. The number of carbonyl (C=O) groups excluding carboxylic acids is 1. The maximum Gasteiger partial charge on any atom is 0.255 e. The maximum atomic E-state index is 12.2. The highest BCUT2D eigenvalue weighted by molar-refractivity contribution is 9.11. The Kier molecular flexibility index (Phi) is 5.12. The van der Waals surface area contributed by atoms with E-state index in [1.54, 1.807) is 30.3 Å². The Balaban J connectivity index is 2.30. The third kappa shape index (κ3) is 3.55. The molecule has 3 nitrogen and oxygen atoms in total. The van der Waals surface area contributed by atoms with Crippen LogP contribution in [0.2, 0.25) is 5.02 Å². The number of amides is 1. The number of anilines is 2. The van der Waals surface area contributed by atoms with Crippen molar-refractivity contribution in [3.8, 4) is 0 Å². The molecule has 0 aliphatic carbocycles. The first-order valence-corrected chi connectivity index (χ1v) is 8.15. The van der Waals surface area contributed by atoms with Crippen LogP contribution >= 0.6 is 59.4 Å². The first kappa shape index (κ1) is 15.8. The first-order chi connectivity index (χ1) is 9.38. The molecule has 0 saturated heterocycles. The van der Waals surface area contributed by atoms with Crippen LogP contribution in [0.1, 0.15) is 10.4 Å². The first-order valence-electron chi connectivity index (χ1n) is 5.39. The van der Waals surface area contributed by atoms with Crippen LogP contribution in [-0.4, -0.2) is 5.91 Å². The molecule has 0 fully saturated rings. The van der Waals surface area contributed by atoms with Crippen LogP contribution in [0.15, 0.2) is 43.7 Å². The van der Waals surface area contributed by atoms with Crippen molar-refractivity contribution in [2.24, 2.45) is 0 Å². The van der Waals surface area contributed by atoms with E-state index in [0.717, 1.165) is 8.95 Å². The second kappa shape index (κ2) is 6.47.